The summed E-state index contributed by atoms with van der Waals surface area (Å²) in [6.07, 6.45) is 1.55. The molecule has 0 spiro atoms. The Kier molecular flexibility index (Phi) is 3.10. The van der Waals surface area contributed by atoms with Crippen LogP contribution in [0.5, 0.6) is 0 Å². The Labute approximate surface area is 97.1 Å². The molecule has 80 valence electrons. The lowest BCUT2D eigenvalue weighted by Gasteiger charge is -2.04. The van der Waals surface area contributed by atoms with Crippen molar-refractivity contribution in [3.63, 3.8) is 0 Å². The van der Waals surface area contributed by atoms with Crippen molar-refractivity contribution in [2.75, 3.05) is 0 Å². The summed E-state index contributed by atoms with van der Waals surface area (Å²) in [5, 5.41) is 10.0. The molecule has 0 aromatic heterocycles. The van der Waals surface area contributed by atoms with E-state index in [-0.39, 0.29) is 0 Å². The fourth-order valence-corrected chi connectivity index (χ4v) is 1.44. The highest BCUT2D eigenvalue weighted by atomic mass is 16.3. The molecular weight excluding hydrogens is 196 g/mol. The van der Waals surface area contributed by atoms with Crippen molar-refractivity contribution in [1.82, 2.24) is 0 Å². The third-order valence-electron chi connectivity index (χ3n) is 2.30. The topological polar surface area (TPSA) is 20.2 Å². The van der Waals surface area contributed by atoms with Crippen LogP contribution in [0.3, 0.4) is 0 Å². The first-order chi connectivity index (χ1) is 8.18. The van der Waals surface area contributed by atoms with E-state index in [0.717, 1.165) is 5.56 Å². The molecule has 0 aliphatic carbocycles. The molecule has 2 aromatic carbocycles. The van der Waals surface area contributed by atoms with Gasteiger partial charge >= 0.3 is 0 Å². The second kappa shape index (κ2) is 5.29. The van der Waals surface area contributed by atoms with Crippen molar-refractivity contribution in [3.05, 3.63) is 77.9 Å². The van der Waals surface area contributed by atoms with E-state index in [9.17, 15) is 5.11 Å². The van der Waals surface area contributed by atoms with E-state index in [0.29, 0.717) is 5.56 Å². The largest absolute Gasteiger partial charge is 0.384 e. The fraction of sp³-hybridized carbons (Fsp3) is 0.0667. The zero-order valence-electron chi connectivity index (χ0n) is 9.88. The first-order valence-corrected chi connectivity index (χ1v) is 5.21. The zero-order valence-corrected chi connectivity index (χ0v) is 8.88. The van der Waals surface area contributed by atoms with E-state index >= 15 is 0 Å². The fourth-order valence-electron chi connectivity index (χ4n) is 1.44. The van der Waals surface area contributed by atoms with E-state index in [1.54, 1.807) is 18.2 Å². The molecule has 1 unspecified atom stereocenters. The molecule has 1 heteroatoms. The van der Waals surface area contributed by atoms with Crippen LogP contribution in [0.1, 0.15) is 18.6 Å². The molecule has 0 saturated heterocycles. The summed E-state index contributed by atoms with van der Waals surface area (Å²) in [6, 6.07) is 18.6. The van der Waals surface area contributed by atoms with Crippen LogP contribution in [0.2, 0.25) is 0 Å². The minimum absolute atomic E-state index is 0.562. The van der Waals surface area contributed by atoms with E-state index in [1.165, 1.54) is 6.08 Å². The van der Waals surface area contributed by atoms with Crippen LogP contribution >= 0.6 is 0 Å². The summed E-state index contributed by atoms with van der Waals surface area (Å²) in [4.78, 5) is 0. The quantitative estimate of drug-likeness (QED) is 0.824. The summed E-state index contributed by atoms with van der Waals surface area (Å²) in [5.41, 5.74) is 1.53. The monoisotopic (exact) mass is 211 g/mol. The molecule has 0 saturated carbocycles. The lowest BCUT2D eigenvalue weighted by atomic mass is 10.1. The van der Waals surface area contributed by atoms with Gasteiger partial charge in [-0.15, -0.1) is 0 Å². The van der Waals surface area contributed by atoms with Crippen molar-refractivity contribution >= 4 is 6.08 Å². The van der Waals surface area contributed by atoms with Crippen molar-refractivity contribution < 1.29 is 6.48 Å². The molecule has 1 atom stereocenters. The Balaban J connectivity index is 2.21. The Morgan fingerprint density at radius 1 is 0.938 bits per heavy atom. The lowest BCUT2D eigenvalue weighted by Crippen LogP contribution is -1.91. The van der Waals surface area contributed by atoms with Gasteiger partial charge < -0.3 is 5.11 Å². The summed E-state index contributed by atoms with van der Waals surface area (Å²) < 4.78 is 7.89. The smallest absolute Gasteiger partial charge is 0.0975 e. The maximum Gasteiger partial charge on any atom is 0.0975 e. The molecule has 2 aromatic rings. The Bertz CT molecular complexity index is 489. The van der Waals surface area contributed by atoms with Crippen LogP contribution in [0.25, 0.3) is 6.08 Å². The molecule has 0 amide bonds. The molecular formula is C15H14O. The van der Waals surface area contributed by atoms with Crippen LogP contribution in [0, 0.1) is 0 Å². The second-order valence-corrected chi connectivity index (χ2v) is 3.50. The normalized spacial score (nSPS) is 15.7. The average Bonchev–Trinajstić information content (AvgIpc) is 2.39. The van der Waals surface area contributed by atoms with E-state index in [2.05, 4.69) is 0 Å². The van der Waals surface area contributed by atoms with Crippen molar-refractivity contribution in [3.8, 4) is 0 Å². The van der Waals surface area contributed by atoms with Crippen LogP contribution in [0.4, 0.5) is 0 Å². The maximum atomic E-state index is 10.0. The molecule has 0 aliphatic heterocycles. The molecule has 0 bridgehead atoms. The molecule has 0 heterocycles. The highest BCUT2D eigenvalue weighted by Crippen LogP contribution is 2.14. The highest BCUT2D eigenvalue weighted by Gasteiger charge is 2.00. The SMILES string of the molecule is [2H]C(O)(/C=C/c1ccccc1)c1ccccc1. The van der Waals surface area contributed by atoms with Crippen LogP contribution < -0.4 is 0 Å². The Hall–Kier alpha value is -1.86. The summed E-state index contributed by atoms with van der Waals surface area (Å²) in [7, 11) is 0. The van der Waals surface area contributed by atoms with Gasteiger partial charge in [-0.05, 0) is 11.1 Å². The minimum Gasteiger partial charge on any atom is -0.384 e. The van der Waals surface area contributed by atoms with Gasteiger partial charge in [-0.1, -0.05) is 72.8 Å². The van der Waals surface area contributed by atoms with Crippen LogP contribution in [0.15, 0.2) is 66.7 Å². The zero-order chi connectivity index (χ0) is 12.1. The Morgan fingerprint density at radius 3 is 2.12 bits per heavy atom. The van der Waals surface area contributed by atoms with Gasteiger partial charge in [-0.25, -0.2) is 0 Å². The standard InChI is InChI=1S/C15H14O/c16-15(14-9-5-2-6-10-14)12-11-13-7-3-1-4-8-13/h1-12,15-16H/b12-11+/i15D. The van der Waals surface area contributed by atoms with Gasteiger partial charge in [0, 0.05) is 0 Å². The first kappa shape index (κ1) is 9.37. The van der Waals surface area contributed by atoms with Gasteiger partial charge in [0.1, 0.15) is 0 Å². The van der Waals surface area contributed by atoms with E-state index in [1.807, 2.05) is 48.5 Å². The van der Waals surface area contributed by atoms with Crippen molar-refractivity contribution in [2.45, 2.75) is 6.08 Å². The van der Waals surface area contributed by atoms with Gasteiger partial charge in [-0.2, -0.15) is 0 Å². The van der Waals surface area contributed by atoms with Gasteiger partial charge in [0.15, 0.2) is 0 Å². The van der Waals surface area contributed by atoms with Gasteiger partial charge in [0.05, 0.1) is 7.45 Å². The van der Waals surface area contributed by atoms with Crippen molar-refractivity contribution in [2.24, 2.45) is 0 Å². The molecule has 1 nitrogen and oxygen atoms in total. The molecule has 0 aliphatic rings. The number of benzene rings is 2. The summed E-state index contributed by atoms with van der Waals surface area (Å²) in [6.45, 7) is 0. The predicted octanol–water partition coefficient (Wildman–Crippen LogP) is 3.43. The van der Waals surface area contributed by atoms with Gasteiger partial charge in [-0.3, -0.25) is 0 Å². The van der Waals surface area contributed by atoms with E-state index < -0.39 is 6.08 Å². The van der Waals surface area contributed by atoms with Gasteiger partial charge in [0.25, 0.3) is 0 Å². The maximum absolute atomic E-state index is 10.0. The number of rotatable bonds is 3. The minimum atomic E-state index is -1.68. The third kappa shape index (κ3) is 2.81. The van der Waals surface area contributed by atoms with E-state index in [4.69, 9.17) is 1.37 Å². The number of hydrogen-bond acceptors (Lipinski definition) is 1. The number of hydrogen-bond donors (Lipinski definition) is 1. The summed E-state index contributed by atoms with van der Waals surface area (Å²) in [5.74, 6) is 0. The highest BCUT2D eigenvalue weighted by molar-refractivity contribution is 5.49. The summed E-state index contributed by atoms with van der Waals surface area (Å²) >= 11 is 0. The van der Waals surface area contributed by atoms with Crippen LogP contribution in [-0.2, 0) is 0 Å². The molecule has 16 heavy (non-hydrogen) atoms. The molecule has 0 radical (unpaired) electrons. The lowest BCUT2D eigenvalue weighted by molar-refractivity contribution is 0.229. The molecule has 1 N–H and O–H groups in total. The van der Waals surface area contributed by atoms with Crippen molar-refractivity contribution in [1.29, 1.82) is 0 Å². The second-order valence-electron chi connectivity index (χ2n) is 3.50. The molecule has 0 fully saturated rings. The van der Waals surface area contributed by atoms with Crippen LogP contribution in [-0.4, -0.2) is 5.11 Å². The predicted molar refractivity (Wildman–Crippen MR) is 66.9 cm³/mol. The third-order valence-corrected chi connectivity index (χ3v) is 2.30. The average molecular weight is 211 g/mol. The number of aliphatic hydroxyl groups is 1. The first-order valence-electron chi connectivity index (χ1n) is 5.71. The van der Waals surface area contributed by atoms with Gasteiger partial charge in [0.2, 0.25) is 0 Å². The Morgan fingerprint density at radius 2 is 1.50 bits per heavy atom. The molecule has 2 rings (SSSR count).